The van der Waals surface area contributed by atoms with Crippen LogP contribution in [0.25, 0.3) is 0 Å². The first kappa shape index (κ1) is 18.9. The van der Waals surface area contributed by atoms with Gasteiger partial charge >= 0.3 is 12.2 Å². The number of hydrogen-bond donors (Lipinski definition) is 1. The number of carbonyl (C=O) groups is 1. The number of rotatable bonds is 3. The fraction of sp³-hybridized carbons (Fsp3) is 0.667. The second-order valence-electron chi connectivity index (χ2n) is 7.12. The van der Waals surface area contributed by atoms with Gasteiger partial charge in [-0.3, -0.25) is 4.98 Å². The lowest BCUT2D eigenvalue weighted by Gasteiger charge is -2.50. The van der Waals surface area contributed by atoms with Gasteiger partial charge in [0.25, 0.3) is 0 Å². The van der Waals surface area contributed by atoms with Crippen molar-refractivity contribution < 1.29 is 22.7 Å². The van der Waals surface area contributed by atoms with E-state index in [0.29, 0.717) is 39.0 Å². The molecule has 1 unspecified atom stereocenters. The molecule has 2 aliphatic heterocycles. The smallest absolute Gasteiger partial charge is 0.381 e. The van der Waals surface area contributed by atoms with E-state index in [1.54, 1.807) is 17.3 Å². The molecule has 0 saturated carbocycles. The SMILES string of the molecule is O=C(NCCc1ccncc1)N1CCC(C(F)(F)F)C2(CCOCC2)C1. The molecule has 5 nitrogen and oxygen atoms in total. The molecule has 0 radical (unpaired) electrons. The largest absolute Gasteiger partial charge is 0.392 e. The van der Waals surface area contributed by atoms with Crippen LogP contribution >= 0.6 is 0 Å². The van der Waals surface area contributed by atoms with Crippen molar-refractivity contribution in [1.82, 2.24) is 15.2 Å². The highest BCUT2D eigenvalue weighted by Gasteiger charge is 2.56. The Kier molecular flexibility index (Phi) is 5.70. The molecule has 2 aliphatic rings. The van der Waals surface area contributed by atoms with Crippen LogP contribution in [0.4, 0.5) is 18.0 Å². The van der Waals surface area contributed by atoms with E-state index in [2.05, 4.69) is 10.3 Å². The van der Waals surface area contributed by atoms with Gasteiger partial charge in [0, 0.05) is 50.7 Å². The van der Waals surface area contributed by atoms with E-state index >= 15 is 0 Å². The van der Waals surface area contributed by atoms with E-state index in [-0.39, 0.29) is 25.5 Å². The summed E-state index contributed by atoms with van der Waals surface area (Å²) >= 11 is 0. The number of likely N-dealkylation sites (tertiary alicyclic amines) is 1. The van der Waals surface area contributed by atoms with E-state index < -0.39 is 17.5 Å². The summed E-state index contributed by atoms with van der Waals surface area (Å²) in [6.07, 6.45) is 0.451. The summed E-state index contributed by atoms with van der Waals surface area (Å²) in [6, 6.07) is 3.46. The minimum absolute atomic E-state index is 0.0404. The van der Waals surface area contributed by atoms with E-state index in [1.165, 1.54) is 0 Å². The molecule has 26 heavy (non-hydrogen) atoms. The van der Waals surface area contributed by atoms with E-state index in [9.17, 15) is 18.0 Å². The zero-order valence-electron chi connectivity index (χ0n) is 14.6. The number of halogens is 3. The Balaban J connectivity index is 1.59. The van der Waals surface area contributed by atoms with Crippen LogP contribution in [0.1, 0.15) is 24.8 Å². The second-order valence-corrected chi connectivity index (χ2v) is 7.12. The molecule has 0 aromatic carbocycles. The molecular weight excluding hydrogens is 347 g/mol. The number of ether oxygens (including phenoxy) is 1. The third kappa shape index (κ3) is 4.28. The summed E-state index contributed by atoms with van der Waals surface area (Å²) in [5, 5.41) is 2.83. The summed E-state index contributed by atoms with van der Waals surface area (Å²) in [4.78, 5) is 17.9. The van der Waals surface area contributed by atoms with E-state index in [4.69, 9.17) is 4.74 Å². The maximum absolute atomic E-state index is 13.5. The summed E-state index contributed by atoms with van der Waals surface area (Å²) in [5.41, 5.74) is 0.133. The van der Waals surface area contributed by atoms with Gasteiger partial charge in [-0.1, -0.05) is 0 Å². The zero-order chi connectivity index (χ0) is 18.6. The van der Waals surface area contributed by atoms with Gasteiger partial charge in [0.15, 0.2) is 0 Å². The first-order valence-electron chi connectivity index (χ1n) is 8.97. The maximum atomic E-state index is 13.5. The number of nitrogens with one attached hydrogen (secondary N) is 1. The third-order valence-electron chi connectivity index (χ3n) is 5.54. The molecule has 0 bridgehead atoms. The molecule has 3 rings (SSSR count). The average molecular weight is 371 g/mol. The molecule has 2 amide bonds. The fourth-order valence-corrected chi connectivity index (χ4v) is 4.10. The molecular formula is C18H24F3N3O2. The van der Waals surface area contributed by atoms with Crippen LogP contribution in [0.5, 0.6) is 0 Å². The van der Waals surface area contributed by atoms with Crippen LogP contribution < -0.4 is 5.32 Å². The van der Waals surface area contributed by atoms with Crippen molar-refractivity contribution in [1.29, 1.82) is 0 Å². The number of pyridine rings is 1. The fourth-order valence-electron chi connectivity index (χ4n) is 4.10. The Morgan fingerprint density at radius 3 is 2.65 bits per heavy atom. The van der Waals surface area contributed by atoms with Gasteiger partial charge in [-0.25, -0.2) is 4.79 Å². The molecule has 0 aliphatic carbocycles. The molecule has 1 N–H and O–H groups in total. The van der Waals surface area contributed by atoms with Crippen molar-refractivity contribution in [2.24, 2.45) is 11.3 Å². The van der Waals surface area contributed by atoms with Crippen LogP contribution in [0, 0.1) is 11.3 Å². The number of hydrogen-bond acceptors (Lipinski definition) is 3. The molecule has 3 heterocycles. The van der Waals surface area contributed by atoms with E-state index in [0.717, 1.165) is 5.56 Å². The Morgan fingerprint density at radius 2 is 2.00 bits per heavy atom. The van der Waals surface area contributed by atoms with Crippen molar-refractivity contribution in [3.63, 3.8) is 0 Å². The van der Waals surface area contributed by atoms with E-state index in [1.807, 2.05) is 12.1 Å². The van der Waals surface area contributed by atoms with Gasteiger partial charge in [0.1, 0.15) is 0 Å². The third-order valence-corrected chi connectivity index (χ3v) is 5.54. The van der Waals surface area contributed by atoms with Gasteiger partial charge in [-0.05, 0) is 43.4 Å². The number of aromatic nitrogens is 1. The predicted molar refractivity (Wildman–Crippen MR) is 89.6 cm³/mol. The summed E-state index contributed by atoms with van der Waals surface area (Å²) in [6.45, 7) is 1.36. The zero-order valence-corrected chi connectivity index (χ0v) is 14.6. The highest BCUT2D eigenvalue weighted by Crippen LogP contribution is 2.50. The number of alkyl halides is 3. The minimum Gasteiger partial charge on any atom is -0.381 e. The molecule has 1 aromatic heterocycles. The normalized spacial score (nSPS) is 23.0. The molecule has 1 atom stereocenters. The Hall–Kier alpha value is -1.83. The lowest BCUT2D eigenvalue weighted by molar-refractivity contribution is -0.232. The monoisotopic (exact) mass is 371 g/mol. The highest BCUT2D eigenvalue weighted by atomic mass is 19.4. The number of nitrogens with zero attached hydrogens (tertiary/aromatic N) is 2. The van der Waals surface area contributed by atoms with Gasteiger partial charge in [-0.2, -0.15) is 13.2 Å². The lowest BCUT2D eigenvalue weighted by atomic mass is 9.66. The van der Waals surface area contributed by atoms with Gasteiger partial charge in [0.05, 0.1) is 5.92 Å². The van der Waals surface area contributed by atoms with Crippen molar-refractivity contribution in [2.75, 3.05) is 32.8 Å². The maximum Gasteiger partial charge on any atom is 0.392 e. The Labute approximate surface area is 150 Å². The first-order chi connectivity index (χ1) is 12.4. The molecule has 2 saturated heterocycles. The Morgan fingerprint density at radius 1 is 1.31 bits per heavy atom. The topological polar surface area (TPSA) is 54.5 Å². The van der Waals surface area contributed by atoms with Crippen LogP contribution in [-0.2, 0) is 11.2 Å². The highest BCUT2D eigenvalue weighted by molar-refractivity contribution is 5.74. The van der Waals surface area contributed by atoms with Crippen molar-refractivity contribution >= 4 is 6.03 Å². The van der Waals surface area contributed by atoms with Crippen LogP contribution in [0.15, 0.2) is 24.5 Å². The quantitative estimate of drug-likeness (QED) is 0.889. The summed E-state index contributed by atoms with van der Waals surface area (Å²) in [7, 11) is 0. The second kappa shape index (κ2) is 7.82. The average Bonchev–Trinajstić information content (AvgIpc) is 2.62. The predicted octanol–water partition coefficient (Wildman–Crippen LogP) is 3.01. The summed E-state index contributed by atoms with van der Waals surface area (Å²) < 4.78 is 45.8. The van der Waals surface area contributed by atoms with Gasteiger partial charge in [0.2, 0.25) is 0 Å². The molecule has 1 spiro atoms. The van der Waals surface area contributed by atoms with Gasteiger partial charge < -0.3 is 15.0 Å². The number of carbonyl (C=O) groups excluding carboxylic acids is 1. The first-order valence-corrected chi connectivity index (χ1v) is 8.97. The number of urea groups is 1. The molecule has 2 fully saturated rings. The van der Waals surface area contributed by atoms with Crippen molar-refractivity contribution in [2.45, 2.75) is 31.9 Å². The standard InChI is InChI=1S/C18H24F3N3O2/c19-18(20,21)15-4-10-24(13-17(15)5-11-26-12-6-17)16(25)23-9-3-14-1-7-22-8-2-14/h1-2,7-8,15H,3-6,9-13H2,(H,23,25). The lowest BCUT2D eigenvalue weighted by Crippen LogP contribution is -2.58. The van der Waals surface area contributed by atoms with Crippen LogP contribution in [-0.4, -0.2) is 54.9 Å². The minimum atomic E-state index is -4.23. The number of amides is 2. The van der Waals surface area contributed by atoms with Gasteiger partial charge in [-0.15, -0.1) is 0 Å². The van der Waals surface area contributed by atoms with Crippen LogP contribution in [0.2, 0.25) is 0 Å². The molecule has 8 heteroatoms. The summed E-state index contributed by atoms with van der Waals surface area (Å²) in [5.74, 6) is -1.36. The molecule has 144 valence electrons. The Bertz CT molecular complexity index is 603. The number of piperidine rings is 1. The van der Waals surface area contributed by atoms with Crippen LogP contribution in [0.3, 0.4) is 0 Å². The van der Waals surface area contributed by atoms with Crippen molar-refractivity contribution in [3.8, 4) is 0 Å². The molecule has 1 aromatic rings. The van der Waals surface area contributed by atoms with Crippen molar-refractivity contribution in [3.05, 3.63) is 30.1 Å².